The summed E-state index contributed by atoms with van der Waals surface area (Å²) in [5.74, 6) is -0.0620. The highest BCUT2D eigenvalue weighted by atomic mass is 19.1. The van der Waals surface area contributed by atoms with Crippen molar-refractivity contribution in [3.63, 3.8) is 0 Å². The first-order valence-electron chi connectivity index (χ1n) is 14.4. The number of nitrogens with zero attached hydrogens (tertiary/aromatic N) is 4. The van der Waals surface area contributed by atoms with Crippen molar-refractivity contribution in [1.29, 1.82) is 0 Å². The van der Waals surface area contributed by atoms with Crippen LogP contribution in [-0.2, 0) is 11.3 Å². The van der Waals surface area contributed by atoms with Gasteiger partial charge in [-0.2, -0.15) is 0 Å². The van der Waals surface area contributed by atoms with E-state index in [4.69, 9.17) is 4.74 Å². The van der Waals surface area contributed by atoms with Crippen LogP contribution in [0.15, 0.2) is 36.4 Å². The monoisotopic (exact) mass is 538 g/mol. The number of fused-ring (bicyclic) bond motifs is 1. The fourth-order valence-electron chi connectivity index (χ4n) is 5.50. The topological polar surface area (TPSA) is 56.3 Å². The van der Waals surface area contributed by atoms with Gasteiger partial charge in [0.15, 0.2) is 0 Å². The molecule has 212 valence electrons. The molecule has 0 aliphatic carbocycles. The van der Waals surface area contributed by atoms with Gasteiger partial charge in [0.1, 0.15) is 11.6 Å². The van der Waals surface area contributed by atoms with Gasteiger partial charge in [-0.25, -0.2) is 4.39 Å². The van der Waals surface area contributed by atoms with Crippen molar-refractivity contribution in [2.24, 2.45) is 0 Å². The Bertz CT molecular complexity index is 1150. The zero-order valence-electron chi connectivity index (χ0n) is 23.9. The summed E-state index contributed by atoms with van der Waals surface area (Å²) in [6, 6.07) is 10.7. The minimum Gasteiger partial charge on any atom is -0.493 e. The average molecular weight is 539 g/mol. The molecule has 2 aromatic rings. The average Bonchev–Trinajstić information content (AvgIpc) is 3.44. The van der Waals surface area contributed by atoms with Crippen LogP contribution in [0.5, 0.6) is 5.75 Å². The van der Waals surface area contributed by atoms with E-state index in [0.717, 1.165) is 56.6 Å². The number of carbonyl (C=O) groups is 2. The van der Waals surface area contributed by atoms with Crippen LogP contribution in [0, 0.1) is 5.82 Å². The molecule has 0 saturated carbocycles. The summed E-state index contributed by atoms with van der Waals surface area (Å²) in [5.41, 5.74) is 2.87. The highest BCUT2D eigenvalue weighted by Crippen LogP contribution is 2.31. The minimum absolute atomic E-state index is 0.116. The van der Waals surface area contributed by atoms with Gasteiger partial charge in [0.05, 0.1) is 17.9 Å². The molecule has 0 bridgehead atoms. The maximum atomic E-state index is 14.4. The quantitative estimate of drug-likeness (QED) is 0.498. The van der Waals surface area contributed by atoms with Crippen molar-refractivity contribution in [1.82, 2.24) is 9.80 Å². The first-order valence-corrected chi connectivity index (χ1v) is 14.4. The van der Waals surface area contributed by atoms with Crippen molar-refractivity contribution in [2.75, 3.05) is 55.7 Å². The summed E-state index contributed by atoms with van der Waals surface area (Å²) in [7, 11) is 0. The van der Waals surface area contributed by atoms with Crippen LogP contribution >= 0.6 is 0 Å². The van der Waals surface area contributed by atoms with Crippen LogP contribution in [0.25, 0.3) is 0 Å². The van der Waals surface area contributed by atoms with E-state index in [1.54, 1.807) is 11.0 Å². The molecule has 0 unspecified atom stereocenters. The molecule has 2 heterocycles. The zero-order valence-corrected chi connectivity index (χ0v) is 23.9. The van der Waals surface area contributed by atoms with E-state index in [9.17, 15) is 14.0 Å². The Balaban J connectivity index is 1.75. The maximum Gasteiger partial charge on any atom is 0.258 e. The van der Waals surface area contributed by atoms with Gasteiger partial charge in [0.2, 0.25) is 5.91 Å². The molecular weight excluding hydrogens is 495 g/mol. The molecule has 7 nitrogen and oxygen atoms in total. The van der Waals surface area contributed by atoms with Crippen LogP contribution in [0.4, 0.5) is 15.8 Å². The van der Waals surface area contributed by atoms with E-state index >= 15 is 0 Å². The third-order valence-electron chi connectivity index (χ3n) is 7.71. The van der Waals surface area contributed by atoms with Gasteiger partial charge in [-0.1, -0.05) is 13.0 Å². The lowest BCUT2D eigenvalue weighted by Gasteiger charge is -2.30. The van der Waals surface area contributed by atoms with Gasteiger partial charge < -0.3 is 19.4 Å². The Hall–Kier alpha value is -3.13. The smallest absolute Gasteiger partial charge is 0.258 e. The summed E-state index contributed by atoms with van der Waals surface area (Å²) in [4.78, 5) is 35.1. The molecule has 0 spiro atoms. The lowest BCUT2D eigenvalue weighted by Crippen LogP contribution is -2.41. The van der Waals surface area contributed by atoms with E-state index in [1.807, 2.05) is 30.0 Å². The second-order valence-electron chi connectivity index (χ2n) is 10.9. The molecule has 2 aliphatic rings. The van der Waals surface area contributed by atoms with Crippen LogP contribution < -0.4 is 14.5 Å². The third kappa shape index (κ3) is 7.10. The molecule has 8 heteroatoms. The first-order chi connectivity index (χ1) is 18.8. The third-order valence-corrected chi connectivity index (χ3v) is 7.71. The van der Waals surface area contributed by atoms with Gasteiger partial charge in [-0.3, -0.25) is 14.5 Å². The predicted molar refractivity (Wildman–Crippen MR) is 154 cm³/mol. The van der Waals surface area contributed by atoms with E-state index in [2.05, 4.69) is 23.6 Å². The Morgan fingerprint density at radius 2 is 1.72 bits per heavy atom. The van der Waals surface area contributed by atoms with Crippen LogP contribution in [0.3, 0.4) is 0 Å². The van der Waals surface area contributed by atoms with Gasteiger partial charge >= 0.3 is 0 Å². The predicted octanol–water partition coefficient (Wildman–Crippen LogP) is 5.32. The van der Waals surface area contributed by atoms with Gasteiger partial charge in [-0.05, 0) is 75.4 Å². The number of halogens is 1. The van der Waals surface area contributed by atoms with E-state index in [-0.39, 0.29) is 24.4 Å². The first kappa shape index (κ1) is 28.9. The lowest BCUT2D eigenvalue weighted by molar-refractivity contribution is -0.116. The molecule has 1 saturated heterocycles. The van der Waals surface area contributed by atoms with Crippen molar-refractivity contribution in [3.8, 4) is 5.75 Å². The summed E-state index contributed by atoms with van der Waals surface area (Å²) in [6.45, 7) is 13.1. The second kappa shape index (κ2) is 13.3. The highest BCUT2D eigenvalue weighted by Gasteiger charge is 2.27. The Kier molecular flexibility index (Phi) is 9.83. The number of carbonyl (C=O) groups excluding carboxylic acids is 2. The van der Waals surface area contributed by atoms with Crippen molar-refractivity contribution < 1.29 is 18.7 Å². The van der Waals surface area contributed by atoms with E-state index in [0.29, 0.717) is 43.2 Å². The standard InChI is InChI=1S/C31H43FN4O3/c1-5-19-39-30-12-11-27(34-13-6-7-14-34)21-28(30)31(38)35-18-17-33(23(2)3)15-8-16-36(24(4)37)29-20-26(32)10-9-25(29)22-35/h9-12,20-21,23H,5-8,13-19,22H2,1-4H3. The minimum atomic E-state index is -0.398. The number of hydrogen-bond acceptors (Lipinski definition) is 5. The normalized spacial score (nSPS) is 17.2. The SMILES string of the molecule is CCCOc1ccc(N2CCCC2)cc1C(=O)N1CCN(C(C)C)CCCN(C(C)=O)c2cc(F)ccc2C1. The molecule has 2 amide bonds. The largest absolute Gasteiger partial charge is 0.493 e. The molecule has 0 aromatic heterocycles. The van der Waals surface area contributed by atoms with Crippen molar-refractivity contribution in [2.45, 2.75) is 66.0 Å². The number of benzene rings is 2. The summed E-state index contributed by atoms with van der Waals surface area (Å²) >= 11 is 0. The molecule has 2 aliphatic heterocycles. The van der Waals surface area contributed by atoms with Gasteiger partial charge in [0, 0.05) is 64.5 Å². The number of hydrogen-bond donors (Lipinski definition) is 0. The van der Waals surface area contributed by atoms with Crippen LogP contribution in [0.2, 0.25) is 0 Å². The molecule has 1 fully saturated rings. The van der Waals surface area contributed by atoms with Crippen LogP contribution in [-0.4, -0.2) is 73.5 Å². The summed E-state index contributed by atoms with van der Waals surface area (Å²) in [6.07, 6.45) is 3.89. The highest BCUT2D eigenvalue weighted by molar-refractivity contribution is 5.98. The van der Waals surface area contributed by atoms with Crippen molar-refractivity contribution in [3.05, 3.63) is 53.3 Å². The van der Waals surface area contributed by atoms with Crippen LogP contribution in [0.1, 0.15) is 69.3 Å². The fourth-order valence-corrected chi connectivity index (χ4v) is 5.50. The molecule has 0 atom stereocenters. The molecule has 0 N–H and O–H groups in total. The second-order valence-corrected chi connectivity index (χ2v) is 10.9. The Morgan fingerprint density at radius 1 is 0.949 bits per heavy atom. The van der Waals surface area contributed by atoms with Crippen molar-refractivity contribution >= 4 is 23.2 Å². The fraction of sp³-hybridized carbons (Fsp3) is 0.548. The summed E-state index contributed by atoms with van der Waals surface area (Å²) in [5, 5.41) is 0. The number of amides is 2. The molecular formula is C31H43FN4O3. The maximum absolute atomic E-state index is 14.4. The van der Waals surface area contributed by atoms with Gasteiger partial charge in [0.25, 0.3) is 5.91 Å². The Morgan fingerprint density at radius 3 is 2.41 bits per heavy atom. The molecule has 0 radical (unpaired) electrons. The van der Waals surface area contributed by atoms with Gasteiger partial charge in [-0.15, -0.1) is 0 Å². The molecule has 4 rings (SSSR count). The van der Waals surface area contributed by atoms with E-state index < -0.39 is 5.82 Å². The summed E-state index contributed by atoms with van der Waals surface area (Å²) < 4.78 is 20.5. The molecule has 39 heavy (non-hydrogen) atoms. The zero-order chi connectivity index (χ0) is 27.9. The lowest BCUT2D eigenvalue weighted by atomic mass is 10.1. The molecule has 2 aromatic carbocycles. The number of ether oxygens (including phenoxy) is 1. The Labute approximate surface area is 232 Å². The number of anilines is 2. The number of rotatable bonds is 6. The van der Waals surface area contributed by atoms with E-state index in [1.165, 1.54) is 19.1 Å².